The number of H-pyrrole nitrogens is 1. The first-order valence-corrected chi connectivity index (χ1v) is 16.7. The van der Waals surface area contributed by atoms with E-state index in [0.29, 0.717) is 25.4 Å². The fourth-order valence-corrected chi connectivity index (χ4v) is 5.69. The normalized spacial score (nSPS) is 13.7. The summed E-state index contributed by atoms with van der Waals surface area (Å²) in [4.78, 5) is 37.7. The fraction of sp³-hybridized carbons (Fsp3) is 0.379. The van der Waals surface area contributed by atoms with E-state index >= 15 is 0 Å². The summed E-state index contributed by atoms with van der Waals surface area (Å²) in [5.74, 6) is -0.287. The molecule has 3 N–H and O–H groups in total. The average molecular weight is 608 g/mol. The number of benzene rings is 2. The van der Waals surface area contributed by atoms with Crippen LogP contribution < -0.4 is 10.2 Å². The molecule has 1 atom stereocenters. The molecule has 1 aliphatic heterocycles. The molecule has 2 heterocycles. The number of nitrogens with zero attached hydrogens (tertiary/aromatic N) is 3. The number of anilines is 1. The van der Waals surface area contributed by atoms with E-state index in [1.807, 2.05) is 62.6 Å². The fourth-order valence-electron chi connectivity index (χ4n) is 4.66. The molecule has 1 aliphatic rings. The van der Waals surface area contributed by atoms with Crippen molar-refractivity contribution >= 4 is 43.3 Å². The smallest absolute Gasteiger partial charge is 0.377 e. The Morgan fingerprint density at radius 3 is 2.60 bits per heavy atom. The Morgan fingerprint density at radius 2 is 1.79 bits per heavy atom. The number of nitrogens with one attached hydrogen (secondary N) is 2. The predicted molar refractivity (Wildman–Crippen MR) is 168 cm³/mol. The Labute approximate surface area is 252 Å². The molecule has 1 aromatic heterocycles. The van der Waals surface area contributed by atoms with Crippen molar-refractivity contribution in [2.24, 2.45) is 0 Å². The molecule has 2 amide bonds. The molecular weight excluding hydrogens is 572 g/mol. The van der Waals surface area contributed by atoms with Crippen molar-refractivity contribution in [2.45, 2.75) is 58.2 Å². The SMILES string of the molecule is C[B]C/C=C\OP(O)(=S)OCCCCCCNC(=O)CCC(=O)N1Cc2ccccc2-c2n[nH]nc2-c2ccccc21. The number of rotatable bonds is 15. The van der Waals surface area contributed by atoms with Gasteiger partial charge in [-0.05, 0) is 24.5 Å². The highest BCUT2D eigenvalue weighted by molar-refractivity contribution is 8.07. The number of aromatic amines is 1. The van der Waals surface area contributed by atoms with Crippen LogP contribution in [-0.4, -0.2) is 52.5 Å². The van der Waals surface area contributed by atoms with Gasteiger partial charge < -0.3 is 19.6 Å². The van der Waals surface area contributed by atoms with Gasteiger partial charge in [0.2, 0.25) is 11.8 Å². The van der Waals surface area contributed by atoms with Crippen LogP contribution in [0.5, 0.6) is 0 Å². The molecule has 0 aliphatic carbocycles. The summed E-state index contributed by atoms with van der Waals surface area (Å²) in [6.45, 7) is -0.103. The van der Waals surface area contributed by atoms with E-state index in [9.17, 15) is 14.5 Å². The topological polar surface area (TPSA) is 130 Å². The second-order valence-corrected chi connectivity index (χ2v) is 12.7. The standard InChI is InChI=1S/C29H36BN5O5PS/c1-30-17-10-20-40-41(38,42)39-19-9-3-2-8-18-31-26(36)15-16-27(37)35-21-22-11-4-5-12-23(22)28-29(33-34-32-28)24-13-6-7-14-25(24)35/h4-7,10-14,20H,2-3,8-9,15-19,21H2,1H3,(H,31,36)(H,38,42)(H,32,33,34)/b20-10-. The van der Waals surface area contributed by atoms with Gasteiger partial charge in [0.05, 0.1) is 25.1 Å². The van der Waals surface area contributed by atoms with Gasteiger partial charge in [0, 0.05) is 42.3 Å². The second kappa shape index (κ2) is 15.8. The van der Waals surface area contributed by atoms with E-state index in [1.54, 1.807) is 11.0 Å². The van der Waals surface area contributed by atoms with Crippen molar-refractivity contribution in [1.29, 1.82) is 0 Å². The number of fused-ring (bicyclic) bond motifs is 5. The Kier molecular flexibility index (Phi) is 11.9. The first kappa shape index (κ1) is 31.6. The quantitative estimate of drug-likeness (QED) is 0.0909. The zero-order chi connectivity index (χ0) is 29.8. The lowest BCUT2D eigenvalue weighted by Crippen LogP contribution is -2.33. The average Bonchev–Trinajstić information content (AvgIpc) is 3.47. The number of para-hydroxylation sites is 1. The van der Waals surface area contributed by atoms with Crippen LogP contribution in [0.4, 0.5) is 5.69 Å². The largest absolute Gasteiger partial charge is 0.433 e. The Hall–Kier alpha value is -3.31. The summed E-state index contributed by atoms with van der Waals surface area (Å²) in [7, 11) is 1.95. The Morgan fingerprint density at radius 1 is 1.07 bits per heavy atom. The highest BCUT2D eigenvalue weighted by Crippen LogP contribution is 2.44. The third kappa shape index (κ3) is 8.85. The van der Waals surface area contributed by atoms with Crippen LogP contribution in [0.25, 0.3) is 22.5 Å². The van der Waals surface area contributed by atoms with Gasteiger partial charge in [-0.25, -0.2) is 0 Å². The summed E-state index contributed by atoms with van der Waals surface area (Å²) >= 11 is 4.97. The van der Waals surface area contributed by atoms with Crippen LogP contribution in [0.2, 0.25) is 13.1 Å². The number of hydrogen-bond acceptors (Lipinski definition) is 7. The molecule has 0 bridgehead atoms. The van der Waals surface area contributed by atoms with Gasteiger partial charge in [-0.3, -0.25) is 14.1 Å². The van der Waals surface area contributed by atoms with E-state index in [4.69, 9.17) is 20.9 Å². The monoisotopic (exact) mass is 608 g/mol. The molecule has 13 heteroatoms. The molecule has 0 spiro atoms. The highest BCUT2D eigenvalue weighted by Gasteiger charge is 2.27. The summed E-state index contributed by atoms with van der Waals surface area (Å²) in [6, 6.07) is 15.5. The maximum atomic E-state index is 13.5. The minimum Gasteiger partial charge on any atom is -0.433 e. The van der Waals surface area contributed by atoms with Gasteiger partial charge in [-0.2, -0.15) is 15.4 Å². The summed E-state index contributed by atoms with van der Waals surface area (Å²) in [5.41, 5.74) is 4.88. The van der Waals surface area contributed by atoms with E-state index in [1.165, 1.54) is 6.26 Å². The van der Waals surface area contributed by atoms with E-state index in [2.05, 4.69) is 20.7 Å². The van der Waals surface area contributed by atoms with Gasteiger partial charge in [-0.15, -0.1) is 0 Å². The molecule has 0 saturated carbocycles. The lowest BCUT2D eigenvalue weighted by Gasteiger charge is -2.28. The lowest BCUT2D eigenvalue weighted by atomic mass is 9.78. The van der Waals surface area contributed by atoms with Crippen LogP contribution in [0, 0.1) is 0 Å². The van der Waals surface area contributed by atoms with Crippen molar-refractivity contribution in [3.05, 3.63) is 66.4 Å². The van der Waals surface area contributed by atoms with Crippen LogP contribution in [0.1, 0.15) is 44.1 Å². The molecule has 221 valence electrons. The van der Waals surface area contributed by atoms with E-state index < -0.39 is 6.72 Å². The number of amides is 2. The minimum absolute atomic E-state index is 0.0897. The summed E-state index contributed by atoms with van der Waals surface area (Å²) in [6.07, 6.45) is 7.36. The molecule has 0 fully saturated rings. The predicted octanol–water partition coefficient (Wildman–Crippen LogP) is 5.38. The third-order valence-electron chi connectivity index (χ3n) is 6.78. The highest BCUT2D eigenvalue weighted by atomic mass is 32.5. The third-order valence-corrected chi connectivity index (χ3v) is 8.25. The number of allylic oxidation sites excluding steroid dienone is 1. The molecule has 3 aromatic rings. The summed E-state index contributed by atoms with van der Waals surface area (Å²) in [5, 5.41) is 14.4. The van der Waals surface area contributed by atoms with Gasteiger partial charge in [0.25, 0.3) is 0 Å². The van der Waals surface area contributed by atoms with Crippen molar-refractivity contribution in [1.82, 2.24) is 20.7 Å². The first-order chi connectivity index (χ1) is 20.4. The van der Waals surface area contributed by atoms with Crippen molar-refractivity contribution in [2.75, 3.05) is 18.1 Å². The Balaban J connectivity index is 1.21. The van der Waals surface area contributed by atoms with Gasteiger partial charge in [0.1, 0.15) is 18.7 Å². The molecule has 1 radical (unpaired) electrons. The van der Waals surface area contributed by atoms with Gasteiger partial charge in [-0.1, -0.05) is 74.5 Å². The molecule has 42 heavy (non-hydrogen) atoms. The zero-order valence-electron chi connectivity index (χ0n) is 23.7. The molecular formula is C29H36BN5O5PS. The van der Waals surface area contributed by atoms with Crippen molar-refractivity contribution < 1.29 is 23.5 Å². The molecule has 1 unspecified atom stereocenters. The van der Waals surface area contributed by atoms with Crippen LogP contribution in [-0.2, 0) is 37.0 Å². The van der Waals surface area contributed by atoms with E-state index in [-0.39, 0.29) is 24.7 Å². The van der Waals surface area contributed by atoms with Crippen molar-refractivity contribution in [3.63, 3.8) is 0 Å². The van der Waals surface area contributed by atoms with Gasteiger partial charge >= 0.3 is 6.72 Å². The number of carbonyl (C=O) groups is 2. The maximum absolute atomic E-state index is 13.5. The Bertz CT molecular complexity index is 1430. The van der Waals surface area contributed by atoms with Crippen molar-refractivity contribution in [3.8, 4) is 22.5 Å². The van der Waals surface area contributed by atoms with Crippen LogP contribution >= 0.6 is 6.72 Å². The number of aromatic nitrogens is 3. The van der Waals surface area contributed by atoms with Crippen LogP contribution in [0.15, 0.2) is 60.9 Å². The van der Waals surface area contributed by atoms with Gasteiger partial charge in [0.15, 0.2) is 0 Å². The second-order valence-electron chi connectivity index (χ2n) is 9.86. The zero-order valence-corrected chi connectivity index (χ0v) is 25.4. The maximum Gasteiger partial charge on any atom is 0.377 e. The molecule has 10 nitrogen and oxygen atoms in total. The molecule has 0 saturated heterocycles. The number of hydrogen-bond donors (Lipinski definition) is 3. The summed E-state index contributed by atoms with van der Waals surface area (Å²) < 4.78 is 10.4. The number of carbonyl (C=O) groups excluding carboxylic acids is 2. The van der Waals surface area contributed by atoms with Crippen LogP contribution in [0.3, 0.4) is 0 Å². The molecule has 4 rings (SSSR count). The minimum atomic E-state index is -3.25. The first-order valence-electron chi connectivity index (χ1n) is 14.1. The van der Waals surface area contributed by atoms with E-state index in [0.717, 1.165) is 60.1 Å². The lowest BCUT2D eigenvalue weighted by molar-refractivity contribution is -0.125. The number of unbranched alkanes of at least 4 members (excludes halogenated alkanes) is 3. The molecule has 2 aromatic carbocycles.